The number of fused-ring (bicyclic) bond motifs is 1. The van der Waals surface area contributed by atoms with E-state index in [0.717, 1.165) is 29.3 Å². The van der Waals surface area contributed by atoms with Crippen molar-refractivity contribution in [1.82, 2.24) is 19.8 Å². The van der Waals surface area contributed by atoms with Gasteiger partial charge in [0.25, 0.3) is 5.56 Å². The van der Waals surface area contributed by atoms with E-state index in [4.69, 9.17) is 0 Å². The van der Waals surface area contributed by atoms with Gasteiger partial charge in [-0.05, 0) is 52.1 Å². The van der Waals surface area contributed by atoms with Gasteiger partial charge >= 0.3 is 0 Å². The summed E-state index contributed by atoms with van der Waals surface area (Å²) in [5.74, 6) is 0.552. The summed E-state index contributed by atoms with van der Waals surface area (Å²) in [5, 5.41) is 3.67. The number of likely N-dealkylation sites (tertiary alicyclic amines) is 1. The number of piperidine rings is 1. The summed E-state index contributed by atoms with van der Waals surface area (Å²) >= 11 is 1.49. The Balaban J connectivity index is 1.64. The molecule has 0 aromatic carbocycles. The van der Waals surface area contributed by atoms with Crippen LogP contribution in [0.2, 0.25) is 0 Å². The Morgan fingerprint density at radius 2 is 2.23 bits per heavy atom. The molecule has 7 heteroatoms. The van der Waals surface area contributed by atoms with Crippen molar-refractivity contribution in [3.63, 3.8) is 0 Å². The summed E-state index contributed by atoms with van der Waals surface area (Å²) in [5.41, 5.74) is -0.494. The Kier molecular flexibility index (Phi) is 5.48. The smallest absolute Gasteiger partial charge is 0.262 e. The molecule has 0 spiro atoms. The molecule has 1 aliphatic rings. The van der Waals surface area contributed by atoms with Crippen LogP contribution in [-0.2, 0) is 11.3 Å². The number of aryl methyl sites for hydroxylation is 1. The predicted molar refractivity (Wildman–Crippen MR) is 106 cm³/mol. The van der Waals surface area contributed by atoms with Crippen molar-refractivity contribution < 1.29 is 4.79 Å². The highest BCUT2D eigenvalue weighted by Gasteiger charge is 2.26. The minimum atomic E-state index is -0.339. The zero-order valence-corrected chi connectivity index (χ0v) is 16.9. The van der Waals surface area contributed by atoms with Crippen LogP contribution < -0.4 is 10.9 Å². The topological polar surface area (TPSA) is 67.2 Å². The molecule has 1 saturated heterocycles. The number of aromatic nitrogens is 2. The summed E-state index contributed by atoms with van der Waals surface area (Å²) in [6.45, 7) is 11.3. The van der Waals surface area contributed by atoms with E-state index in [0.29, 0.717) is 11.3 Å². The Morgan fingerprint density at radius 1 is 1.46 bits per heavy atom. The van der Waals surface area contributed by atoms with Crippen molar-refractivity contribution in [3.05, 3.63) is 27.6 Å². The van der Waals surface area contributed by atoms with Gasteiger partial charge < -0.3 is 10.2 Å². The maximum Gasteiger partial charge on any atom is 0.262 e. The van der Waals surface area contributed by atoms with Crippen LogP contribution in [-0.4, -0.2) is 45.5 Å². The summed E-state index contributed by atoms with van der Waals surface area (Å²) in [6, 6.07) is 1.84. The number of nitrogens with zero attached hydrogens (tertiary/aromatic N) is 3. The first-order valence-electron chi connectivity index (χ1n) is 9.22. The van der Waals surface area contributed by atoms with Crippen molar-refractivity contribution in [2.75, 3.05) is 19.6 Å². The molecule has 0 bridgehead atoms. The highest BCUT2D eigenvalue weighted by Crippen LogP contribution is 2.20. The van der Waals surface area contributed by atoms with Crippen LogP contribution in [0, 0.1) is 12.8 Å². The Labute approximate surface area is 158 Å². The molecule has 3 heterocycles. The van der Waals surface area contributed by atoms with Gasteiger partial charge in [0.05, 0.1) is 11.7 Å². The van der Waals surface area contributed by atoms with Gasteiger partial charge in [0.2, 0.25) is 5.91 Å². The number of nitrogens with one attached hydrogen (secondary N) is 1. The van der Waals surface area contributed by atoms with Crippen molar-refractivity contribution in [2.24, 2.45) is 5.92 Å². The first-order chi connectivity index (χ1) is 12.2. The van der Waals surface area contributed by atoms with Crippen LogP contribution in [0.25, 0.3) is 10.2 Å². The molecule has 0 saturated carbocycles. The number of hydrogen-bond donors (Lipinski definition) is 1. The van der Waals surface area contributed by atoms with E-state index in [1.807, 2.05) is 26.8 Å². The molecule has 0 unspecified atom stereocenters. The van der Waals surface area contributed by atoms with Crippen LogP contribution >= 0.6 is 11.3 Å². The fraction of sp³-hybridized carbons (Fsp3) is 0.632. The first-order valence-corrected chi connectivity index (χ1v) is 10.0. The van der Waals surface area contributed by atoms with Gasteiger partial charge in [0.15, 0.2) is 0 Å². The van der Waals surface area contributed by atoms with E-state index in [1.54, 1.807) is 0 Å². The van der Waals surface area contributed by atoms with Gasteiger partial charge in [-0.1, -0.05) is 6.92 Å². The normalized spacial score (nSPS) is 19.0. The monoisotopic (exact) mass is 376 g/mol. The van der Waals surface area contributed by atoms with Crippen molar-refractivity contribution in [2.45, 2.75) is 52.6 Å². The van der Waals surface area contributed by atoms with Crippen molar-refractivity contribution >= 4 is 27.5 Å². The number of carbonyl (C=O) groups is 1. The SMILES string of the molecule is Cc1cc2c(=O)n(CC(=O)NC(C)(C)CN3CCC[C@@H](C)C3)cnc2s1. The molecule has 1 fully saturated rings. The Morgan fingerprint density at radius 3 is 2.96 bits per heavy atom. The number of carbonyl (C=O) groups excluding carboxylic acids is 1. The second-order valence-electron chi connectivity index (χ2n) is 8.17. The highest BCUT2D eigenvalue weighted by molar-refractivity contribution is 7.18. The standard InChI is InChI=1S/C19H28N4O2S/c1-13-6-5-7-22(9-13)11-19(3,4)21-16(24)10-23-12-20-17-15(18(23)25)8-14(2)26-17/h8,12-13H,5-7,9-11H2,1-4H3,(H,21,24)/t13-/m1/s1. The molecule has 142 valence electrons. The van der Waals surface area contributed by atoms with Gasteiger partial charge in [-0.15, -0.1) is 11.3 Å². The second-order valence-corrected chi connectivity index (χ2v) is 9.40. The van der Waals surface area contributed by atoms with Crippen LogP contribution in [0.5, 0.6) is 0 Å². The van der Waals surface area contributed by atoms with Crippen LogP contribution in [0.3, 0.4) is 0 Å². The lowest BCUT2D eigenvalue weighted by atomic mass is 9.97. The number of amides is 1. The average Bonchev–Trinajstić information content (AvgIpc) is 2.90. The van der Waals surface area contributed by atoms with E-state index < -0.39 is 0 Å². The third-order valence-electron chi connectivity index (χ3n) is 4.79. The minimum absolute atomic E-state index is 0.00347. The maximum absolute atomic E-state index is 12.5. The molecule has 26 heavy (non-hydrogen) atoms. The van der Waals surface area contributed by atoms with Crippen LogP contribution in [0.1, 0.15) is 38.5 Å². The molecular weight excluding hydrogens is 348 g/mol. The van der Waals surface area contributed by atoms with E-state index in [9.17, 15) is 9.59 Å². The molecule has 1 N–H and O–H groups in total. The molecule has 2 aromatic heterocycles. The van der Waals surface area contributed by atoms with E-state index >= 15 is 0 Å². The average molecular weight is 377 g/mol. The van der Waals surface area contributed by atoms with Crippen LogP contribution in [0.4, 0.5) is 0 Å². The van der Waals surface area contributed by atoms with Crippen molar-refractivity contribution in [1.29, 1.82) is 0 Å². The first kappa shape index (κ1) is 19.0. The zero-order chi connectivity index (χ0) is 18.9. The van der Waals surface area contributed by atoms with Gasteiger partial charge in [-0.25, -0.2) is 4.98 Å². The van der Waals surface area contributed by atoms with E-state index in [1.165, 1.54) is 35.1 Å². The Bertz CT molecular complexity index is 855. The third-order valence-corrected chi connectivity index (χ3v) is 5.75. The third kappa shape index (κ3) is 4.51. The van der Waals surface area contributed by atoms with Gasteiger partial charge in [-0.3, -0.25) is 14.2 Å². The van der Waals surface area contributed by atoms with Crippen LogP contribution in [0.15, 0.2) is 17.2 Å². The summed E-state index contributed by atoms with van der Waals surface area (Å²) in [4.78, 5) is 33.5. The number of thiophene rings is 1. The lowest BCUT2D eigenvalue weighted by Gasteiger charge is -2.37. The second kappa shape index (κ2) is 7.48. The molecule has 0 radical (unpaired) electrons. The fourth-order valence-electron chi connectivity index (χ4n) is 3.79. The predicted octanol–water partition coefficient (Wildman–Crippen LogP) is 2.39. The fourth-order valence-corrected chi connectivity index (χ4v) is 4.63. The molecule has 6 nitrogen and oxygen atoms in total. The largest absolute Gasteiger partial charge is 0.348 e. The Hall–Kier alpha value is -1.73. The van der Waals surface area contributed by atoms with Gasteiger partial charge in [0.1, 0.15) is 11.4 Å². The molecule has 1 amide bonds. The lowest BCUT2D eigenvalue weighted by molar-refractivity contribution is -0.123. The quantitative estimate of drug-likeness (QED) is 0.870. The molecule has 3 rings (SSSR count). The summed E-state index contributed by atoms with van der Waals surface area (Å²) in [7, 11) is 0. The molecule has 0 aliphatic carbocycles. The highest BCUT2D eigenvalue weighted by atomic mass is 32.1. The number of hydrogen-bond acceptors (Lipinski definition) is 5. The molecule has 1 aliphatic heterocycles. The van der Waals surface area contributed by atoms with Crippen molar-refractivity contribution in [3.8, 4) is 0 Å². The maximum atomic E-state index is 12.5. The molecule has 1 atom stereocenters. The summed E-state index contributed by atoms with van der Waals surface area (Å²) in [6.07, 6.45) is 3.97. The van der Waals surface area contributed by atoms with E-state index in [-0.39, 0.29) is 23.6 Å². The molecule has 2 aromatic rings. The number of rotatable bonds is 5. The summed E-state index contributed by atoms with van der Waals surface area (Å²) < 4.78 is 1.39. The lowest BCUT2D eigenvalue weighted by Crippen LogP contribution is -2.54. The zero-order valence-electron chi connectivity index (χ0n) is 16.0. The minimum Gasteiger partial charge on any atom is -0.348 e. The van der Waals surface area contributed by atoms with Gasteiger partial charge in [0, 0.05) is 23.5 Å². The van der Waals surface area contributed by atoms with Gasteiger partial charge in [-0.2, -0.15) is 0 Å². The molecular formula is C19H28N4O2S. The van der Waals surface area contributed by atoms with E-state index in [2.05, 4.69) is 22.1 Å².